The van der Waals surface area contributed by atoms with Crippen molar-refractivity contribution in [3.05, 3.63) is 53.4 Å². The zero-order chi connectivity index (χ0) is 25.9. The Balaban J connectivity index is 1.56. The number of H-pyrrole nitrogens is 1. The summed E-state index contributed by atoms with van der Waals surface area (Å²) in [6, 6.07) is 8.08. The molecule has 1 aliphatic heterocycles. The molecule has 0 bridgehead atoms. The van der Waals surface area contributed by atoms with Gasteiger partial charge in [-0.15, -0.1) is 0 Å². The van der Waals surface area contributed by atoms with E-state index < -0.39 is 23.6 Å². The fourth-order valence-corrected chi connectivity index (χ4v) is 4.55. The first-order valence-corrected chi connectivity index (χ1v) is 11.9. The van der Waals surface area contributed by atoms with Crippen molar-refractivity contribution in [2.75, 3.05) is 32.1 Å². The summed E-state index contributed by atoms with van der Waals surface area (Å²) in [5, 5.41) is 16.3. The zero-order valence-corrected chi connectivity index (χ0v) is 20.7. The second-order valence-electron chi connectivity index (χ2n) is 9.01. The van der Waals surface area contributed by atoms with Gasteiger partial charge in [-0.3, -0.25) is 9.59 Å². The number of hydrogen-bond acceptors (Lipinski definition) is 6. The minimum absolute atomic E-state index is 0.0159. The van der Waals surface area contributed by atoms with Crippen molar-refractivity contribution in [2.24, 2.45) is 0 Å². The largest absolute Gasteiger partial charge is 0.465 e. The molecule has 4 N–H and O–H groups in total. The molecule has 2 aromatic heterocycles. The van der Waals surface area contributed by atoms with Crippen LogP contribution in [0.15, 0.2) is 42.9 Å². The summed E-state index contributed by atoms with van der Waals surface area (Å²) in [6.45, 7) is 0.792. The number of nitrogens with zero attached hydrogens (tertiary/aromatic N) is 4. The molecule has 0 spiro atoms. The summed E-state index contributed by atoms with van der Waals surface area (Å²) in [5.41, 5.74) is 0.0367. The highest BCUT2D eigenvalue weighted by atomic mass is 35.5. The van der Waals surface area contributed by atoms with E-state index in [1.165, 1.54) is 11.2 Å². The van der Waals surface area contributed by atoms with Crippen molar-refractivity contribution < 1.29 is 19.5 Å². The third kappa shape index (κ3) is 5.35. The van der Waals surface area contributed by atoms with Crippen LogP contribution in [0.4, 0.5) is 10.6 Å². The number of aromatic nitrogens is 3. The molecule has 3 heterocycles. The molecule has 1 atom stereocenters. The van der Waals surface area contributed by atoms with Crippen LogP contribution in [0.25, 0.3) is 11.0 Å². The summed E-state index contributed by atoms with van der Waals surface area (Å²) < 4.78 is 0. The van der Waals surface area contributed by atoms with Crippen LogP contribution in [0.1, 0.15) is 30.9 Å². The Morgan fingerprint density at radius 2 is 1.86 bits per heavy atom. The van der Waals surface area contributed by atoms with E-state index in [0.29, 0.717) is 29.3 Å². The quantitative estimate of drug-likeness (QED) is 0.380. The summed E-state index contributed by atoms with van der Waals surface area (Å²) >= 11 is 6.02. The van der Waals surface area contributed by atoms with Gasteiger partial charge < -0.3 is 30.5 Å². The van der Waals surface area contributed by atoms with Crippen LogP contribution < -0.4 is 15.5 Å². The van der Waals surface area contributed by atoms with E-state index in [9.17, 15) is 19.5 Å². The van der Waals surface area contributed by atoms with E-state index in [2.05, 4.69) is 25.6 Å². The van der Waals surface area contributed by atoms with Gasteiger partial charge in [0.1, 0.15) is 23.3 Å². The molecule has 1 aromatic carbocycles. The maximum atomic E-state index is 13.6. The van der Waals surface area contributed by atoms with E-state index in [1.54, 1.807) is 44.6 Å². The number of hydrogen-bond donors (Lipinski definition) is 4. The lowest BCUT2D eigenvalue weighted by atomic mass is 9.85. The summed E-state index contributed by atoms with van der Waals surface area (Å²) in [4.78, 5) is 53.0. The third-order valence-corrected chi connectivity index (χ3v) is 6.74. The van der Waals surface area contributed by atoms with Crippen LogP contribution >= 0.6 is 11.6 Å². The number of halogens is 1. The lowest BCUT2D eigenvalue weighted by Gasteiger charge is -2.41. The molecule has 0 radical (unpaired) electrons. The average molecular weight is 514 g/mol. The highest BCUT2D eigenvalue weighted by Gasteiger charge is 2.44. The fraction of sp³-hybridized carbons (Fsp3) is 0.375. The second-order valence-corrected chi connectivity index (χ2v) is 9.44. The number of benzene rings is 1. The van der Waals surface area contributed by atoms with Crippen LogP contribution in [0.2, 0.25) is 5.02 Å². The Morgan fingerprint density at radius 1 is 1.17 bits per heavy atom. The Labute approximate surface area is 212 Å². The number of aromatic amines is 1. The molecule has 1 fully saturated rings. The molecule has 12 heteroatoms. The Morgan fingerprint density at radius 3 is 2.50 bits per heavy atom. The van der Waals surface area contributed by atoms with E-state index >= 15 is 0 Å². The molecule has 11 nitrogen and oxygen atoms in total. The smallest absolute Gasteiger partial charge is 0.405 e. The van der Waals surface area contributed by atoms with Crippen molar-refractivity contribution >= 4 is 46.4 Å². The van der Waals surface area contributed by atoms with Crippen molar-refractivity contribution in [1.82, 2.24) is 30.5 Å². The standard InChI is InChI=1S/C24H28ClN7O4/c1-31(2)19(33)13-18(15-3-5-16(25)6-4-15)29-22(34)24(30-23(35)36)8-11-32(12-9-24)21-17-7-10-26-20(17)27-14-28-21/h3-7,10,14,18,30H,8-9,11-13H2,1-2H3,(H,29,34)(H,35,36)(H,26,27,28). The maximum absolute atomic E-state index is 13.6. The van der Waals surface area contributed by atoms with Crippen molar-refractivity contribution in [3.63, 3.8) is 0 Å². The molecule has 3 aromatic rings. The molecule has 4 rings (SSSR count). The third-order valence-electron chi connectivity index (χ3n) is 6.49. The number of rotatable bonds is 7. The second kappa shape index (κ2) is 10.4. The molecule has 0 aliphatic carbocycles. The minimum atomic E-state index is -1.36. The van der Waals surface area contributed by atoms with Gasteiger partial charge in [0.2, 0.25) is 11.8 Å². The highest BCUT2D eigenvalue weighted by molar-refractivity contribution is 6.30. The Kier molecular flexibility index (Phi) is 7.30. The highest BCUT2D eigenvalue weighted by Crippen LogP contribution is 2.30. The number of carbonyl (C=O) groups is 3. The first kappa shape index (κ1) is 25.2. The van der Waals surface area contributed by atoms with E-state index in [0.717, 1.165) is 11.2 Å². The van der Waals surface area contributed by atoms with Crippen molar-refractivity contribution in [2.45, 2.75) is 30.8 Å². The maximum Gasteiger partial charge on any atom is 0.405 e. The molecule has 0 saturated carbocycles. The van der Waals surface area contributed by atoms with Gasteiger partial charge in [-0.25, -0.2) is 14.8 Å². The van der Waals surface area contributed by atoms with Crippen LogP contribution in [0, 0.1) is 0 Å². The zero-order valence-electron chi connectivity index (χ0n) is 20.0. The van der Waals surface area contributed by atoms with Crippen molar-refractivity contribution in [1.29, 1.82) is 0 Å². The monoisotopic (exact) mass is 513 g/mol. The summed E-state index contributed by atoms with van der Waals surface area (Å²) in [5.74, 6) is 0.0660. The van der Waals surface area contributed by atoms with Crippen LogP contribution in [-0.4, -0.2) is 75.6 Å². The molecule has 190 valence electrons. The van der Waals surface area contributed by atoms with Gasteiger partial charge in [-0.1, -0.05) is 23.7 Å². The lowest BCUT2D eigenvalue weighted by molar-refractivity contribution is -0.131. The van der Waals surface area contributed by atoms with Crippen molar-refractivity contribution in [3.8, 4) is 0 Å². The first-order chi connectivity index (χ1) is 17.2. The SMILES string of the molecule is CN(C)C(=O)CC(NC(=O)C1(NC(=O)O)CCN(c2ncnc3[nH]ccc23)CC1)c1ccc(Cl)cc1. The lowest BCUT2D eigenvalue weighted by Crippen LogP contribution is -2.63. The van der Waals surface area contributed by atoms with E-state index in [-0.39, 0.29) is 25.2 Å². The molecule has 1 aliphatic rings. The Bertz CT molecular complexity index is 1250. The van der Waals surface area contributed by atoms with Crippen LogP contribution in [-0.2, 0) is 9.59 Å². The summed E-state index contributed by atoms with van der Waals surface area (Å²) in [6.07, 6.45) is 2.41. The number of nitrogens with one attached hydrogen (secondary N) is 3. The number of carboxylic acid groups (broad SMARTS) is 1. The molecular weight excluding hydrogens is 486 g/mol. The van der Waals surface area contributed by atoms with Gasteiger partial charge in [0.15, 0.2) is 0 Å². The number of carbonyl (C=O) groups excluding carboxylic acids is 2. The van der Waals surface area contributed by atoms with Crippen LogP contribution in [0.5, 0.6) is 0 Å². The number of amides is 3. The van der Waals surface area contributed by atoms with Gasteiger partial charge >= 0.3 is 6.09 Å². The summed E-state index contributed by atoms with van der Waals surface area (Å²) in [7, 11) is 3.28. The topological polar surface area (TPSA) is 144 Å². The molecule has 1 saturated heterocycles. The van der Waals surface area contributed by atoms with Gasteiger partial charge in [-0.2, -0.15) is 0 Å². The van der Waals surface area contributed by atoms with Gasteiger partial charge in [0.05, 0.1) is 17.8 Å². The molecule has 1 unspecified atom stereocenters. The van der Waals surface area contributed by atoms with Gasteiger partial charge in [-0.05, 0) is 36.6 Å². The average Bonchev–Trinajstić information content (AvgIpc) is 3.33. The predicted octanol–water partition coefficient (Wildman–Crippen LogP) is 2.55. The molecule has 36 heavy (non-hydrogen) atoms. The predicted molar refractivity (Wildman–Crippen MR) is 135 cm³/mol. The first-order valence-electron chi connectivity index (χ1n) is 11.5. The van der Waals surface area contributed by atoms with Gasteiger partial charge in [0.25, 0.3) is 0 Å². The van der Waals surface area contributed by atoms with Gasteiger partial charge in [0, 0.05) is 38.4 Å². The minimum Gasteiger partial charge on any atom is -0.465 e. The molecule has 3 amide bonds. The fourth-order valence-electron chi connectivity index (χ4n) is 4.43. The van der Waals surface area contributed by atoms with E-state index in [1.807, 2.05) is 11.0 Å². The van der Waals surface area contributed by atoms with Crippen LogP contribution in [0.3, 0.4) is 0 Å². The normalized spacial score (nSPS) is 15.8. The van der Waals surface area contributed by atoms with E-state index in [4.69, 9.17) is 11.6 Å². The number of anilines is 1. The Hall–Kier alpha value is -3.86. The number of fused-ring (bicyclic) bond motifs is 1. The molecular formula is C24H28ClN7O4. The number of piperidine rings is 1.